The van der Waals surface area contributed by atoms with Crippen molar-refractivity contribution in [2.75, 3.05) is 0 Å². The van der Waals surface area contributed by atoms with E-state index in [-0.39, 0.29) is 6.04 Å². The Morgan fingerprint density at radius 2 is 2.29 bits per heavy atom. The number of rotatable bonds is 2. The van der Waals surface area contributed by atoms with E-state index in [1.54, 1.807) is 24.4 Å². The summed E-state index contributed by atoms with van der Waals surface area (Å²) in [6, 6.07) is -0.0287. The number of hydrogen-bond donors (Lipinski definition) is 0. The van der Waals surface area contributed by atoms with Crippen LogP contribution in [-0.2, 0) is 0 Å². The molecule has 2 atom stereocenters. The van der Waals surface area contributed by atoms with Crippen LogP contribution in [0.25, 0.3) is 0 Å². The SMILES string of the molecule is CCC(C)SC1=NC=NC2=NC=NC21. The van der Waals surface area contributed by atoms with Crippen molar-refractivity contribution in [3.63, 3.8) is 0 Å². The lowest BCUT2D eigenvalue weighted by Crippen LogP contribution is -2.26. The van der Waals surface area contributed by atoms with Crippen LogP contribution in [0, 0.1) is 0 Å². The van der Waals surface area contributed by atoms with E-state index >= 15 is 0 Å². The quantitative estimate of drug-likeness (QED) is 0.682. The first kappa shape index (κ1) is 9.58. The minimum absolute atomic E-state index is 0.0287. The molecule has 2 heterocycles. The van der Waals surface area contributed by atoms with Gasteiger partial charge in [0.15, 0.2) is 11.9 Å². The maximum Gasteiger partial charge on any atom is 0.163 e. The van der Waals surface area contributed by atoms with Crippen LogP contribution in [0.4, 0.5) is 0 Å². The molecule has 0 radical (unpaired) electrons. The summed E-state index contributed by atoms with van der Waals surface area (Å²) in [5.41, 5.74) is 0. The monoisotopic (exact) mass is 208 g/mol. The van der Waals surface area contributed by atoms with Gasteiger partial charge >= 0.3 is 0 Å². The molecule has 0 aromatic carbocycles. The zero-order chi connectivity index (χ0) is 9.97. The van der Waals surface area contributed by atoms with Crippen LogP contribution < -0.4 is 0 Å². The molecule has 0 aromatic rings. The third kappa shape index (κ3) is 1.77. The van der Waals surface area contributed by atoms with E-state index in [0.717, 1.165) is 17.3 Å². The summed E-state index contributed by atoms with van der Waals surface area (Å²) < 4.78 is 0. The van der Waals surface area contributed by atoms with Crippen LogP contribution >= 0.6 is 11.8 Å². The summed E-state index contributed by atoms with van der Waals surface area (Å²) in [7, 11) is 0. The van der Waals surface area contributed by atoms with Gasteiger partial charge in [-0.3, -0.25) is 4.99 Å². The van der Waals surface area contributed by atoms with Crippen LogP contribution in [0.1, 0.15) is 20.3 Å². The fraction of sp³-hybridized carbons (Fsp3) is 0.556. The van der Waals surface area contributed by atoms with Crippen LogP contribution in [-0.4, -0.2) is 34.8 Å². The zero-order valence-electron chi connectivity index (χ0n) is 8.21. The minimum Gasteiger partial charge on any atom is -0.255 e. The van der Waals surface area contributed by atoms with Crippen LogP contribution in [0.2, 0.25) is 0 Å². The third-order valence-electron chi connectivity index (χ3n) is 2.16. The van der Waals surface area contributed by atoms with Gasteiger partial charge in [-0.05, 0) is 6.42 Å². The van der Waals surface area contributed by atoms with Crippen molar-refractivity contribution in [2.45, 2.75) is 31.6 Å². The fourth-order valence-electron chi connectivity index (χ4n) is 1.17. The molecule has 0 bridgehead atoms. The molecule has 74 valence electrons. The highest BCUT2D eigenvalue weighted by molar-refractivity contribution is 8.14. The van der Waals surface area contributed by atoms with E-state index < -0.39 is 0 Å². The molecule has 0 amide bonds. The van der Waals surface area contributed by atoms with Crippen molar-refractivity contribution in [3.8, 4) is 0 Å². The van der Waals surface area contributed by atoms with Gasteiger partial charge in [0.2, 0.25) is 0 Å². The summed E-state index contributed by atoms with van der Waals surface area (Å²) in [5.74, 6) is 0.769. The van der Waals surface area contributed by atoms with Gasteiger partial charge < -0.3 is 0 Å². The molecule has 0 saturated carbocycles. The van der Waals surface area contributed by atoms with Crippen molar-refractivity contribution < 1.29 is 0 Å². The summed E-state index contributed by atoms with van der Waals surface area (Å²) in [6.45, 7) is 4.36. The molecule has 14 heavy (non-hydrogen) atoms. The zero-order valence-corrected chi connectivity index (χ0v) is 9.03. The normalized spacial score (nSPS) is 25.7. The molecular weight excluding hydrogens is 196 g/mol. The lowest BCUT2D eigenvalue weighted by molar-refractivity contribution is 0.910. The Morgan fingerprint density at radius 1 is 1.43 bits per heavy atom. The molecule has 2 unspecified atom stereocenters. The second-order valence-corrected chi connectivity index (χ2v) is 4.66. The highest BCUT2D eigenvalue weighted by Gasteiger charge is 2.27. The third-order valence-corrected chi connectivity index (χ3v) is 3.46. The lowest BCUT2D eigenvalue weighted by atomic mass is 10.3. The van der Waals surface area contributed by atoms with E-state index in [0.29, 0.717) is 5.25 Å². The maximum absolute atomic E-state index is 4.25. The molecule has 5 heteroatoms. The molecule has 0 aliphatic carbocycles. The van der Waals surface area contributed by atoms with Crippen molar-refractivity contribution in [2.24, 2.45) is 20.0 Å². The Labute approximate surface area is 87.4 Å². The van der Waals surface area contributed by atoms with Crippen molar-refractivity contribution in [3.05, 3.63) is 0 Å². The van der Waals surface area contributed by atoms with E-state index in [1.807, 2.05) is 0 Å². The predicted octanol–water partition coefficient (Wildman–Crippen LogP) is 1.77. The van der Waals surface area contributed by atoms with E-state index in [1.165, 1.54) is 0 Å². The Kier molecular flexibility index (Phi) is 2.77. The lowest BCUT2D eigenvalue weighted by Gasteiger charge is -2.16. The van der Waals surface area contributed by atoms with Crippen LogP contribution in [0.5, 0.6) is 0 Å². The first-order valence-corrected chi connectivity index (χ1v) is 5.55. The second kappa shape index (κ2) is 4.04. The topological polar surface area (TPSA) is 49.4 Å². The molecule has 0 saturated heterocycles. The number of aliphatic imine (C=N–C) groups is 4. The number of amidine groups is 1. The van der Waals surface area contributed by atoms with Gasteiger partial charge in [0.1, 0.15) is 17.7 Å². The highest BCUT2D eigenvalue weighted by atomic mass is 32.2. The molecule has 2 aliphatic heterocycles. The van der Waals surface area contributed by atoms with Gasteiger partial charge in [-0.1, -0.05) is 13.8 Å². The number of fused-ring (bicyclic) bond motifs is 1. The number of thioether (sulfide) groups is 1. The van der Waals surface area contributed by atoms with E-state index in [4.69, 9.17) is 0 Å². The predicted molar refractivity (Wildman–Crippen MR) is 63.0 cm³/mol. The Bertz CT molecular complexity index is 343. The minimum atomic E-state index is -0.0287. The van der Waals surface area contributed by atoms with E-state index in [9.17, 15) is 0 Å². The van der Waals surface area contributed by atoms with E-state index in [2.05, 4.69) is 33.8 Å². The Balaban J connectivity index is 2.11. The molecule has 0 spiro atoms. The molecule has 4 nitrogen and oxygen atoms in total. The molecule has 2 rings (SSSR count). The number of hydrogen-bond acceptors (Lipinski definition) is 5. The summed E-state index contributed by atoms with van der Waals surface area (Å²) in [5, 5.41) is 1.58. The highest BCUT2D eigenvalue weighted by Crippen LogP contribution is 2.23. The molecule has 0 N–H and O–H groups in total. The average Bonchev–Trinajstić information content (AvgIpc) is 2.66. The standard InChI is InChI=1S/C9H12N4S/c1-3-6(2)14-9-7-8(11-4-10-7)12-5-13-9/h4-7H,3H2,1-2H3. The van der Waals surface area contributed by atoms with Crippen molar-refractivity contribution >= 4 is 35.3 Å². The van der Waals surface area contributed by atoms with Crippen molar-refractivity contribution in [1.29, 1.82) is 0 Å². The Hall–Kier alpha value is -0.970. The summed E-state index contributed by atoms with van der Waals surface area (Å²) in [6.07, 6.45) is 4.26. The van der Waals surface area contributed by atoms with Gasteiger partial charge in [0.25, 0.3) is 0 Å². The van der Waals surface area contributed by atoms with Gasteiger partial charge in [-0.15, -0.1) is 11.8 Å². The number of nitrogens with zero attached hydrogens (tertiary/aromatic N) is 4. The van der Waals surface area contributed by atoms with Gasteiger partial charge in [-0.25, -0.2) is 15.0 Å². The fourth-order valence-corrected chi connectivity index (χ4v) is 2.16. The maximum atomic E-state index is 4.25. The largest absolute Gasteiger partial charge is 0.255 e. The first-order valence-electron chi connectivity index (χ1n) is 4.67. The molecular formula is C9H12N4S. The molecule has 0 aromatic heterocycles. The van der Waals surface area contributed by atoms with Gasteiger partial charge in [0.05, 0.1) is 0 Å². The molecule has 2 aliphatic rings. The summed E-state index contributed by atoms with van der Waals surface area (Å²) in [4.78, 5) is 16.6. The Morgan fingerprint density at radius 3 is 3.07 bits per heavy atom. The molecule has 0 fully saturated rings. The van der Waals surface area contributed by atoms with Gasteiger partial charge in [-0.2, -0.15) is 0 Å². The van der Waals surface area contributed by atoms with Crippen LogP contribution in [0.3, 0.4) is 0 Å². The second-order valence-electron chi connectivity index (χ2n) is 3.20. The average molecular weight is 208 g/mol. The smallest absolute Gasteiger partial charge is 0.163 e. The first-order chi connectivity index (χ1) is 6.81. The van der Waals surface area contributed by atoms with Crippen molar-refractivity contribution in [1.82, 2.24) is 0 Å². The summed E-state index contributed by atoms with van der Waals surface area (Å²) >= 11 is 1.76. The van der Waals surface area contributed by atoms with Gasteiger partial charge in [0, 0.05) is 5.25 Å². The van der Waals surface area contributed by atoms with Crippen LogP contribution in [0.15, 0.2) is 20.0 Å².